The summed E-state index contributed by atoms with van der Waals surface area (Å²) in [4.78, 5) is 12.2. The maximum Gasteiger partial charge on any atom is 0.220 e. The van der Waals surface area contributed by atoms with Crippen LogP contribution >= 0.6 is 0 Å². The summed E-state index contributed by atoms with van der Waals surface area (Å²) in [7, 11) is 1.90. The van der Waals surface area contributed by atoms with Crippen LogP contribution in [0, 0.1) is 6.92 Å². The van der Waals surface area contributed by atoms with E-state index in [1.54, 1.807) is 0 Å². The van der Waals surface area contributed by atoms with Crippen LogP contribution in [0.3, 0.4) is 0 Å². The van der Waals surface area contributed by atoms with Crippen LogP contribution in [-0.2, 0) is 24.8 Å². The van der Waals surface area contributed by atoms with Crippen molar-refractivity contribution < 1.29 is 4.79 Å². The van der Waals surface area contributed by atoms with E-state index in [1.165, 1.54) is 11.1 Å². The van der Waals surface area contributed by atoms with Crippen molar-refractivity contribution in [3.8, 4) is 0 Å². The molecule has 1 N–H and O–H groups in total. The maximum absolute atomic E-state index is 12.2. The molecule has 1 unspecified atom stereocenters. The lowest BCUT2D eigenvalue weighted by atomic mass is 9.97. The molecule has 1 aliphatic carbocycles. The van der Waals surface area contributed by atoms with Crippen LogP contribution in [0.1, 0.15) is 41.3 Å². The number of aromatic nitrogens is 2. The summed E-state index contributed by atoms with van der Waals surface area (Å²) in [6.45, 7) is 2.51. The summed E-state index contributed by atoms with van der Waals surface area (Å²) in [6.07, 6.45) is 2.75. The molecule has 4 heteroatoms. The molecule has 1 atom stereocenters. The summed E-state index contributed by atoms with van der Waals surface area (Å²) in [6, 6.07) is 10.5. The average Bonchev–Trinajstić information content (AvgIpc) is 3.00. The Hall–Kier alpha value is -2.10. The molecule has 4 nitrogen and oxygen atoms in total. The molecule has 21 heavy (non-hydrogen) atoms. The molecule has 1 heterocycles. The molecule has 0 saturated heterocycles. The SMILES string of the molecule is Cc1cc(CNC(=O)CC2CCc3ccccc32)n(C)n1. The van der Waals surface area contributed by atoms with Crippen molar-refractivity contribution in [2.24, 2.45) is 7.05 Å². The molecule has 3 rings (SSSR count). The Labute approximate surface area is 125 Å². The molecule has 1 aliphatic rings. The predicted molar refractivity (Wildman–Crippen MR) is 81.9 cm³/mol. The van der Waals surface area contributed by atoms with Gasteiger partial charge in [-0.1, -0.05) is 24.3 Å². The van der Waals surface area contributed by atoms with Crippen molar-refractivity contribution in [3.05, 3.63) is 52.8 Å². The first-order valence-electron chi connectivity index (χ1n) is 7.47. The molecular weight excluding hydrogens is 262 g/mol. The van der Waals surface area contributed by atoms with Gasteiger partial charge in [-0.3, -0.25) is 9.48 Å². The number of nitrogens with one attached hydrogen (secondary N) is 1. The number of fused-ring (bicyclic) bond motifs is 1. The van der Waals surface area contributed by atoms with Crippen molar-refractivity contribution in [2.75, 3.05) is 0 Å². The number of hydrogen-bond donors (Lipinski definition) is 1. The Kier molecular flexibility index (Phi) is 3.78. The lowest BCUT2D eigenvalue weighted by Crippen LogP contribution is -2.25. The minimum absolute atomic E-state index is 0.121. The van der Waals surface area contributed by atoms with Crippen molar-refractivity contribution in [1.29, 1.82) is 0 Å². The van der Waals surface area contributed by atoms with Crippen LogP contribution in [-0.4, -0.2) is 15.7 Å². The number of carbonyl (C=O) groups is 1. The van der Waals surface area contributed by atoms with Gasteiger partial charge in [-0.05, 0) is 42.9 Å². The normalized spacial score (nSPS) is 16.8. The summed E-state index contributed by atoms with van der Waals surface area (Å²) < 4.78 is 1.82. The molecule has 0 saturated carbocycles. The van der Waals surface area contributed by atoms with E-state index in [2.05, 4.69) is 34.7 Å². The van der Waals surface area contributed by atoms with Crippen molar-refractivity contribution >= 4 is 5.91 Å². The second kappa shape index (κ2) is 5.72. The van der Waals surface area contributed by atoms with E-state index in [-0.39, 0.29) is 5.91 Å². The molecule has 0 spiro atoms. The quantitative estimate of drug-likeness (QED) is 0.937. The minimum Gasteiger partial charge on any atom is -0.350 e. The number of benzene rings is 1. The molecule has 1 aromatic carbocycles. The first kappa shape index (κ1) is 13.9. The zero-order chi connectivity index (χ0) is 14.8. The Balaban J connectivity index is 1.57. The molecule has 2 aromatic rings. The third-order valence-corrected chi connectivity index (χ3v) is 4.25. The second-order valence-corrected chi connectivity index (χ2v) is 5.82. The Morgan fingerprint density at radius 2 is 2.24 bits per heavy atom. The highest BCUT2D eigenvalue weighted by atomic mass is 16.1. The van der Waals surface area contributed by atoms with Crippen LogP contribution < -0.4 is 5.32 Å². The minimum atomic E-state index is 0.121. The van der Waals surface area contributed by atoms with Gasteiger partial charge in [0.25, 0.3) is 0 Å². The lowest BCUT2D eigenvalue weighted by Gasteiger charge is -2.11. The van der Waals surface area contributed by atoms with E-state index in [0.29, 0.717) is 18.9 Å². The summed E-state index contributed by atoms with van der Waals surface area (Å²) in [5.41, 5.74) is 4.76. The van der Waals surface area contributed by atoms with Crippen LogP contribution in [0.2, 0.25) is 0 Å². The molecule has 110 valence electrons. The van der Waals surface area contributed by atoms with Crippen molar-refractivity contribution in [1.82, 2.24) is 15.1 Å². The van der Waals surface area contributed by atoms with Gasteiger partial charge in [0.2, 0.25) is 5.91 Å². The summed E-state index contributed by atoms with van der Waals surface area (Å²) >= 11 is 0. The summed E-state index contributed by atoms with van der Waals surface area (Å²) in [5, 5.41) is 7.30. The van der Waals surface area contributed by atoms with Crippen molar-refractivity contribution in [3.63, 3.8) is 0 Å². The van der Waals surface area contributed by atoms with Gasteiger partial charge in [0.1, 0.15) is 0 Å². The molecular formula is C17H21N3O. The van der Waals surface area contributed by atoms with Gasteiger partial charge in [-0.15, -0.1) is 0 Å². The first-order valence-corrected chi connectivity index (χ1v) is 7.47. The Morgan fingerprint density at radius 3 is 3.00 bits per heavy atom. The van der Waals surface area contributed by atoms with E-state index < -0.39 is 0 Å². The Morgan fingerprint density at radius 1 is 1.43 bits per heavy atom. The molecule has 0 radical (unpaired) electrons. The first-order chi connectivity index (χ1) is 10.1. The van der Waals surface area contributed by atoms with E-state index in [0.717, 1.165) is 24.2 Å². The van der Waals surface area contributed by atoms with Crippen LogP contribution in [0.4, 0.5) is 0 Å². The summed E-state index contributed by atoms with van der Waals surface area (Å²) in [5.74, 6) is 0.491. The number of aryl methyl sites for hydroxylation is 3. The van der Waals surface area contributed by atoms with Crippen molar-refractivity contribution in [2.45, 2.75) is 38.6 Å². The van der Waals surface area contributed by atoms with Crippen LogP contribution in [0.5, 0.6) is 0 Å². The fraction of sp³-hybridized carbons (Fsp3) is 0.412. The van der Waals surface area contributed by atoms with Gasteiger partial charge in [-0.2, -0.15) is 5.10 Å². The highest BCUT2D eigenvalue weighted by Crippen LogP contribution is 2.35. The predicted octanol–water partition coefficient (Wildman–Crippen LogP) is 2.46. The van der Waals surface area contributed by atoms with E-state index >= 15 is 0 Å². The van der Waals surface area contributed by atoms with Gasteiger partial charge in [-0.25, -0.2) is 0 Å². The van der Waals surface area contributed by atoms with Gasteiger partial charge < -0.3 is 5.32 Å². The molecule has 0 bridgehead atoms. The number of carbonyl (C=O) groups excluding carboxylic acids is 1. The largest absolute Gasteiger partial charge is 0.350 e. The zero-order valence-electron chi connectivity index (χ0n) is 12.6. The highest BCUT2D eigenvalue weighted by molar-refractivity contribution is 5.77. The number of rotatable bonds is 4. The van der Waals surface area contributed by atoms with Crippen LogP contribution in [0.15, 0.2) is 30.3 Å². The third-order valence-electron chi connectivity index (χ3n) is 4.25. The Bertz CT molecular complexity index is 660. The third kappa shape index (κ3) is 2.99. The van der Waals surface area contributed by atoms with Gasteiger partial charge >= 0.3 is 0 Å². The van der Waals surface area contributed by atoms with Gasteiger partial charge in [0, 0.05) is 13.5 Å². The van der Waals surface area contributed by atoms with Crippen LogP contribution in [0.25, 0.3) is 0 Å². The van der Waals surface area contributed by atoms with Gasteiger partial charge in [0.15, 0.2) is 0 Å². The standard InChI is InChI=1S/C17H21N3O/c1-12-9-15(20(2)19-12)11-18-17(21)10-14-8-7-13-5-3-4-6-16(13)14/h3-6,9,14H,7-8,10-11H2,1-2H3,(H,18,21). The number of amides is 1. The lowest BCUT2D eigenvalue weighted by molar-refractivity contribution is -0.121. The second-order valence-electron chi connectivity index (χ2n) is 5.82. The van der Waals surface area contributed by atoms with E-state index in [1.807, 2.05) is 24.7 Å². The van der Waals surface area contributed by atoms with E-state index in [4.69, 9.17) is 0 Å². The molecule has 1 amide bonds. The monoisotopic (exact) mass is 283 g/mol. The fourth-order valence-corrected chi connectivity index (χ4v) is 3.17. The highest BCUT2D eigenvalue weighted by Gasteiger charge is 2.24. The molecule has 0 fully saturated rings. The maximum atomic E-state index is 12.2. The number of hydrogen-bond acceptors (Lipinski definition) is 2. The molecule has 0 aliphatic heterocycles. The zero-order valence-corrected chi connectivity index (χ0v) is 12.6. The topological polar surface area (TPSA) is 46.9 Å². The van der Waals surface area contributed by atoms with E-state index in [9.17, 15) is 4.79 Å². The average molecular weight is 283 g/mol. The fourth-order valence-electron chi connectivity index (χ4n) is 3.17. The van der Waals surface area contributed by atoms with Gasteiger partial charge in [0.05, 0.1) is 17.9 Å². The molecule has 1 aromatic heterocycles. The smallest absolute Gasteiger partial charge is 0.220 e. The number of nitrogens with zero attached hydrogens (tertiary/aromatic N) is 2.